The number of aromatic nitrogens is 2. The topological polar surface area (TPSA) is 98.0 Å². The molecule has 0 aromatic carbocycles. The number of hydrogen-bond donors (Lipinski definition) is 4. The summed E-state index contributed by atoms with van der Waals surface area (Å²) in [5, 5.41) is 11.3. The molecule has 0 unspecified atom stereocenters. The van der Waals surface area contributed by atoms with Gasteiger partial charge in [-0.1, -0.05) is 12.8 Å². The SMILES string of the molecule is O=C(NCCCCCCO)c1c[nH]c(=O)[nH]1. The van der Waals surface area contributed by atoms with Gasteiger partial charge in [-0.05, 0) is 12.8 Å². The van der Waals surface area contributed by atoms with Crippen LogP contribution in [0.2, 0.25) is 0 Å². The van der Waals surface area contributed by atoms with Crippen LogP contribution in [0.1, 0.15) is 36.2 Å². The molecule has 6 heteroatoms. The highest BCUT2D eigenvalue weighted by molar-refractivity contribution is 5.91. The van der Waals surface area contributed by atoms with Crippen LogP contribution in [-0.4, -0.2) is 34.1 Å². The third-order valence-electron chi connectivity index (χ3n) is 2.21. The number of imidazole rings is 1. The van der Waals surface area contributed by atoms with E-state index in [1.807, 2.05) is 0 Å². The second-order valence-corrected chi connectivity index (χ2v) is 3.55. The van der Waals surface area contributed by atoms with Crippen LogP contribution >= 0.6 is 0 Å². The second-order valence-electron chi connectivity index (χ2n) is 3.55. The maximum Gasteiger partial charge on any atom is 0.323 e. The molecular formula is C10H17N3O3. The van der Waals surface area contributed by atoms with Gasteiger partial charge in [0.15, 0.2) is 0 Å². The predicted molar refractivity (Wildman–Crippen MR) is 59.3 cm³/mol. The van der Waals surface area contributed by atoms with Crippen molar-refractivity contribution in [2.75, 3.05) is 13.2 Å². The standard InChI is InChI=1S/C10H17N3O3/c14-6-4-2-1-3-5-11-9(15)8-7-12-10(16)13-8/h7,14H,1-6H2,(H,11,15)(H2,12,13,16). The van der Waals surface area contributed by atoms with Gasteiger partial charge >= 0.3 is 5.69 Å². The summed E-state index contributed by atoms with van der Waals surface area (Å²) >= 11 is 0. The van der Waals surface area contributed by atoms with E-state index in [2.05, 4.69) is 15.3 Å². The summed E-state index contributed by atoms with van der Waals surface area (Å²) in [4.78, 5) is 26.9. The lowest BCUT2D eigenvalue weighted by molar-refractivity contribution is 0.0948. The van der Waals surface area contributed by atoms with Crippen molar-refractivity contribution in [1.29, 1.82) is 0 Å². The van der Waals surface area contributed by atoms with Crippen molar-refractivity contribution in [2.24, 2.45) is 0 Å². The number of unbranched alkanes of at least 4 members (excludes halogenated alkanes) is 3. The van der Waals surface area contributed by atoms with Crippen molar-refractivity contribution in [3.8, 4) is 0 Å². The van der Waals surface area contributed by atoms with E-state index in [0.717, 1.165) is 25.7 Å². The molecule has 0 aliphatic rings. The van der Waals surface area contributed by atoms with Crippen LogP contribution in [0.3, 0.4) is 0 Å². The molecule has 0 aliphatic heterocycles. The number of nitrogens with one attached hydrogen (secondary N) is 3. The fourth-order valence-electron chi connectivity index (χ4n) is 1.34. The summed E-state index contributed by atoms with van der Waals surface area (Å²) in [6.07, 6.45) is 4.97. The first-order valence-electron chi connectivity index (χ1n) is 5.41. The van der Waals surface area contributed by atoms with Crippen LogP contribution in [-0.2, 0) is 0 Å². The van der Waals surface area contributed by atoms with Gasteiger partial charge in [0.2, 0.25) is 0 Å². The Morgan fingerprint density at radius 2 is 2.06 bits per heavy atom. The number of aliphatic hydroxyl groups excluding tert-OH is 1. The quantitative estimate of drug-likeness (QED) is 0.493. The Kier molecular flexibility index (Phi) is 5.35. The molecule has 0 aliphatic carbocycles. The molecule has 0 saturated carbocycles. The molecule has 1 heterocycles. The fraction of sp³-hybridized carbons (Fsp3) is 0.600. The number of aromatic amines is 2. The van der Waals surface area contributed by atoms with E-state index in [1.165, 1.54) is 6.20 Å². The molecule has 0 saturated heterocycles. The lowest BCUT2D eigenvalue weighted by Gasteiger charge is -2.02. The van der Waals surface area contributed by atoms with E-state index in [9.17, 15) is 9.59 Å². The highest BCUT2D eigenvalue weighted by Crippen LogP contribution is 1.98. The largest absolute Gasteiger partial charge is 0.396 e. The lowest BCUT2D eigenvalue weighted by Crippen LogP contribution is -2.25. The summed E-state index contributed by atoms with van der Waals surface area (Å²) in [6, 6.07) is 0. The summed E-state index contributed by atoms with van der Waals surface area (Å²) in [5.41, 5.74) is -0.131. The molecule has 1 amide bonds. The van der Waals surface area contributed by atoms with Gasteiger partial charge in [0.1, 0.15) is 5.69 Å². The van der Waals surface area contributed by atoms with Gasteiger partial charge in [0.25, 0.3) is 5.91 Å². The number of carbonyl (C=O) groups is 1. The Morgan fingerprint density at radius 3 is 2.69 bits per heavy atom. The average Bonchev–Trinajstić information content (AvgIpc) is 2.70. The maximum absolute atomic E-state index is 11.4. The minimum absolute atomic E-state index is 0.219. The molecule has 1 rings (SSSR count). The van der Waals surface area contributed by atoms with Crippen LogP contribution < -0.4 is 11.0 Å². The molecule has 0 spiro atoms. The Bertz CT molecular complexity index is 369. The second kappa shape index (κ2) is 6.84. The van der Waals surface area contributed by atoms with E-state index in [-0.39, 0.29) is 23.9 Å². The molecule has 1 aromatic heterocycles. The molecule has 0 radical (unpaired) electrons. The normalized spacial score (nSPS) is 10.3. The van der Waals surface area contributed by atoms with Gasteiger partial charge < -0.3 is 20.4 Å². The van der Waals surface area contributed by atoms with E-state index < -0.39 is 0 Å². The van der Waals surface area contributed by atoms with Gasteiger partial charge in [-0.2, -0.15) is 0 Å². The fourth-order valence-corrected chi connectivity index (χ4v) is 1.34. The van der Waals surface area contributed by atoms with Gasteiger partial charge in [-0.25, -0.2) is 4.79 Å². The minimum Gasteiger partial charge on any atom is -0.396 e. The number of carbonyl (C=O) groups excluding carboxylic acids is 1. The predicted octanol–water partition coefficient (Wildman–Crippen LogP) is -0.0145. The first-order chi connectivity index (χ1) is 7.74. The smallest absolute Gasteiger partial charge is 0.323 e. The van der Waals surface area contributed by atoms with Gasteiger partial charge in [-0.15, -0.1) is 0 Å². The third-order valence-corrected chi connectivity index (χ3v) is 2.21. The van der Waals surface area contributed by atoms with Crippen molar-refractivity contribution < 1.29 is 9.90 Å². The Morgan fingerprint density at radius 1 is 1.31 bits per heavy atom. The molecule has 4 N–H and O–H groups in total. The van der Waals surface area contributed by atoms with E-state index in [0.29, 0.717) is 6.54 Å². The first-order valence-corrected chi connectivity index (χ1v) is 5.41. The van der Waals surface area contributed by atoms with E-state index in [4.69, 9.17) is 5.11 Å². The summed E-state index contributed by atoms with van der Waals surface area (Å²) in [7, 11) is 0. The van der Waals surface area contributed by atoms with Gasteiger partial charge in [0, 0.05) is 19.3 Å². The summed E-state index contributed by atoms with van der Waals surface area (Å²) in [5.74, 6) is -0.277. The Hall–Kier alpha value is -1.56. The third kappa shape index (κ3) is 4.31. The minimum atomic E-state index is -0.381. The molecular weight excluding hydrogens is 210 g/mol. The average molecular weight is 227 g/mol. The highest BCUT2D eigenvalue weighted by atomic mass is 16.2. The monoisotopic (exact) mass is 227 g/mol. The van der Waals surface area contributed by atoms with Crippen LogP contribution in [0, 0.1) is 0 Å². The number of H-pyrrole nitrogens is 2. The highest BCUT2D eigenvalue weighted by Gasteiger charge is 2.05. The van der Waals surface area contributed by atoms with Crippen LogP contribution in [0.5, 0.6) is 0 Å². The maximum atomic E-state index is 11.4. The van der Waals surface area contributed by atoms with Crippen LogP contribution in [0.15, 0.2) is 11.0 Å². The molecule has 6 nitrogen and oxygen atoms in total. The van der Waals surface area contributed by atoms with Crippen LogP contribution in [0.25, 0.3) is 0 Å². The zero-order valence-electron chi connectivity index (χ0n) is 9.08. The first kappa shape index (κ1) is 12.5. The van der Waals surface area contributed by atoms with Crippen molar-refractivity contribution in [2.45, 2.75) is 25.7 Å². The summed E-state index contributed by atoms with van der Waals surface area (Å²) < 4.78 is 0. The zero-order chi connectivity index (χ0) is 11.8. The Balaban J connectivity index is 2.14. The zero-order valence-corrected chi connectivity index (χ0v) is 9.08. The molecule has 16 heavy (non-hydrogen) atoms. The number of hydrogen-bond acceptors (Lipinski definition) is 3. The molecule has 90 valence electrons. The van der Waals surface area contributed by atoms with Crippen molar-refractivity contribution in [3.63, 3.8) is 0 Å². The number of aliphatic hydroxyl groups is 1. The number of rotatable bonds is 7. The Labute approximate surface area is 93.1 Å². The van der Waals surface area contributed by atoms with Gasteiger partial charge in [0.05, 0.1) is 0 Å². The molecule has 0 fully saturated rings. The molecule has 0 atom stereocenters. The van der Waals surface area contributed by atoms with E-state index in [1.54, 1.807) is 0 Å². The van der Waals surface area contributed by atoms with E-state index >= 15 is 0 Å². The van der Waals surface area contributed by atoms with Crippen molar-refractivity contribution in [3.05, 3.63) is 22.4 Å². The van der Waals surface area contributed by atoms with Gasteiger partial charge in [-0.3, -0.25) is 4.79 Å². The molecule has 0 bridgehead atoms. The number of amides is 1. The molecule has 1 aromatic rings. The lowest BCUT2D eigenvalue weighted by atomic mass is 10.2. The van der Waals surface area contributed by atoms with Crippen molar-refractivity contribution >= 4 is 5.91 Å². The van der Waals surface area contributed by atoms with Crippen LogP contribution in [0.4, 0.5) is 0 Å². The summed E-state index contributed by atoms with van der Waals surface area (Å²) in [6.45, 7) is 0.800. The van der Waals surface area contributed by atoms with Crippen molar-refractivity contribution in [1.82, 2.24) is 15.3 Å².